The Kier molecular flexibility index (Phi) is 4.82. The van der Waals surface area contributed by atoms with Crippen LogP contribution in [0.2, 0.25) is 0 Å². The predicted molar refractivity (Wildman–Crippen MR) is 115 cm³/mol. The van der Waals surface area contributed by atoms with Crippen LogP contribution in [0, 0.1) is 34.5 Å². The Labute approximate surface area is 194 Å². The van der Waals surface area contributed by atoms with E-state index in [1.165, 1.54) is 7.11 Å². The molecule has 9 heteroatoms. The minimum Gasteiger partial charge on any atom is -0.390 e. The Morgan fingerprint density at radius 3 is 2.30 bits per heavy atom. The molecule has 1 spiro atoms. The average Bonchev–Trinajstić information content (AvgIpc) is 3.16. The summed E-state index contributed by atoms with van der Waals surface area (Å²) in [5.41, 5.74) is -3.98. The van der Waals surface area contributed by atoms with Crippen LogP contribution in [-0.2, 0) is 18.9 Å². The van der Waals surface area contributed by atoms with E-state index in [0.717, 1.165) is 19.4 Å². The fraction of sp³-hybridized carbons (Fsp3) is 1.00. The molecule has 6 rings (SSSR count). The van der Waals surface area contributed by atoms with Crippen LogP contribution in [-0.4, -0.2) is 122 Å². The topological polar surface area (TPSA) is 121 Å². The molecular weight excluding hydrogens is 430 g/mol. The van der Waals surface area contributed by atoms with Crippen LogP contribution in [0.5, 0.6) is 0 Å². The monoisotopic (exact) mass is 469 g/mol. The minimum atomic E-state index is -1.67. The maximum absolute atomic E-state index is 12.5. The summed E-state index contributed by atoms with van der Waals surface area (Å²) in [7, 11) is 8.66. The second kappa shape index (κ2) is 6.89. The van der Waals surface area contributed by atoms with E-state index in [0.29, 0.717) is 6.61 Å². The first-order valence-corrected chi connectivity index (χ1v) is 12.2. The smallest absolute Gasteiger partial charge is 0.120 e. The molecule has 0 amide bonds. The summed E-state index contributed by atoms with van der Waals surface area (Å²) in [5.74, 6) is -1.44. The van der Waals surface area contributed by atoms with E-state index in [-0.39, 0.29) is 41.9 Å². The van der Waals surface area contributed by atoms with Crippen molar-refractivity contribution < 1.29 is 39.4 Å². The molecule has 0 aromatic carbocycles. The number of ether oxygens (including phenoxy) is 4. The van der Waals surface area contributed by atoms with Gasteiger partial charge in [-0.1, -0.05) is 0 Å². The van der Waals surface area contributed by atoms with Gasteiger partial charge >= 0.3 is 0 Å². The Hall–Kier alpha value is -0.360. The van der Waals surface area contributed by atoms with Crippen molar-refractivity contribution >= 4 is 0 Å². The van der Waals surface area contributed by atoms with Gasteiger partial charge in [-0.2, -0.15) is 0 Å². The first kappa shape index (κ1) is 23.1. The van der Waals surface area contributed by atoms with E-state index in [2.05, 4.69) is 11.9 Å². The number of hydrogen-bond acceptors (Lipinski definition) is 9. The average molecular weight is 470 g/mol. The molecular formula is C24H39NO8. The lowest BCUT2D eigenvalue weighted by molar-refractivity contribution is -0.314. The molecule has 5 saturated carbocycles. The highest BCUT2D eigenvalue weighted by Crippen LogP contribution is 2.79. The number of piperidine rings is 1. The minimum absolute atomic E-state index is 0.00206. The zero-order valence-electron chi connectivity index (χ0n) is 20.2. The SMILES string of the molecule is COC[C@@]12CCC(OC)[C@@]34[C@@H]5C[C@]6(O)[C@H](O)[C@@H]5[C@@](O)([C@@H]([C@H](OC)[C@H]13)[C@H]4N(C)C2)[C@@H](O)[C@@H]6OC. The molecule has 5 aliphatic carbocycles. The number of aliphatic hydroxyl groups is 4. The van der Waals surface area contributed by atoms with Crippen molar-refractivity contribution in [2.75, 3.05) is 48.6 Å². The van der Waals surface area contributed by atoms with Crippen LogP contribution in [0.25, 0.3) is 0 Å². The summed E-state index contributed by atoms with van der Waals surface area (Å²) in [6, 6.07) is -0.131. The van der Waals surface area contributed by atoms with Crippen LogP contribution in [0.3, 0.4) is 0 Å². The second-order valence-electron chi connectivity index (χ2n) is 11.9. The van der Waals surface area contributed by atoms with Gasteiger partial charge in [0.05, 0.1) is 24.9 Å². The number of aliphatic hydroxyl groups excluding tert-OH is 2. The van der Waals surface area contributed by atoms with Gasteiger partial charge in [0.1, 0.15) is 23.4 Å². The maximum atomic E-state index is 12.5. The van der Waals surface area contributed by atoms with E-state index in [1.54, 1.807) is 21.3 Å². The molecule has 33 heavy (non-hydrogen) atoms. The van der Waals surface area contributed by atoms with E-state index in [9.17, 15) is 20.4 Å². The fourth-order valence-electron chi connectivity index (χ4n) is 10.9. The van der Waals surface area contributed by atoms with Gasteiger partial charge in [-0.25, -0.2) is 0 Å². The third-order valence-corrected chi connectivity index (χ3v) is 11.3. The van der Waals surface area contributed by atoms with E-state index >= 15 is 0 Å². The second-order valence-corrected chi connectivity index (χ2v) is 11.9. The van der Waals surface area contributed by atoms with Crippen molar-refractivity contribution in [2.45, 2.75) is 67.0 Å². The fourth-order valence-corrected chi connectivity index (χ4v) is 10.9. The molecule has 4 N–H and O–H groups in total. The van der Waals surface area contributed by atoms with Crippen LogP contribution in [0.4, 0.5) is 0 Å². The lowest BCUT2D eigenvalue weighted by atomic mass is 9.43. The van der Waals surface area contributed by atoms with Crippen molar-refractivity contribution in [3.8, 4) is 0 Å². The third-order valence-electron chi connectivity index (χ3n) is 11.3. The summed E-state index contributed by atoms with van der Waals surface area (Å²) in [6.07, 6.45) is -2.14. The highest BCUT2D eigenvalue weighted by Gasteiger charge is 2.89. The quantitative estimate of drug-likeness (QED) is 0.396. The molecule has 6 aliphatic rings. The number of methoxy groups -OCH3 is 4. The lowest BCUT2D eigenvalue weighted by Gasteiger charge is -2.69. The van der Waals surface area contributed by atoms with Gasteiger partial charge in [-0.05, 0) is 32.2 Å². The number of nitrogens with zero attached hydrogens (tertiary/aromatic N) is 1. The summed E-state index contributed by atoms with van der Waals surface area (Å²) in [6.45, 7) is 1.36. The van der Waals surface area contributed by atoms with E-state index < -0.39 is 46.8 Å². The molecule has 1 saturated heterocycles. The van der Waals surface area contributed by atoms with E-state index in [4.69, 9.17) is 18.9 Å². The van der Waals surface area contributed by atoms with Gasteiger partial charge < -0.3 is 44.3 Å². The Bertz CT molecular complexity index is 830. The predicted octanol–water partition coefficient (Wildman–Crippen LogP) is -1.15. The Balaban J connectivity index is 1.66. The van der Waals surface area contributed by atoms with Crippen molar-refractivity contribution in [1.29, 1.82) is 0 Å². The van der Waals surface area contributed by atoms with Crippen LogP contribution in [0.1, 0.15) is 19.3 Å². The van der Waals surface area contributed by atoms with Crippen molar-refractivity contribution in [1.82, 2.24) is 4.90 Å². The molecule has 9 nitrogen and oxygen atoms in total. The largest absolute Gasteiger partial charge is 0.390 e. The number of likely N-dealkylation sites (tertiary alicyclic amines) is 1. The summed E-state index contributed by atoms with van der Waals surface area (Å²) in [5, 5.41) is 47.3. The first-order chi connectivity index (χ1) is 15.6. The van der Waals surface area contributed by atoms with Crippen molar-refractivity contribution in [3.63, 3.8) is 0 Å². The highest BCUT2D eigenvalue weighted by atomic mass is 16.5. The molecule has 1 heterocycles. The van der Waals surface area contributed by atoms with Crippen molar-refractivity contribution in [3.05, 3.63) is 0 Å². The molecule has 0 radical (unpaired) electrons. The van der Waals surface area contributed by atoms with Crippen molar-refractivity contribution in [2.24, 2.45) is 34.5 Å². The number of hydrogen-bond donors (Lipinski definition) is 4. The molecule has 188 valence electrons. The Morgan fingerprint density at radius 2 is 1.70 bits per heavy atom. The van der Waals surface area contributed by atoms with Crippen LogP contribution < -0.4 is 0 Å². The number of rotatable bonds is 5. The molecule has 6 fully saturated rings. The summed E-state index contributed by atoms with van der Waals surface area (Å²) < 4.78 is 23.9. The van der Waals surface area contributed by atoms with Gasteiger partial charge in [0.15, 0.2) is 0 Å². The zero-order valence-corrected chi connectivity index (χ0v) is 20.2. The summed E-state index contributed by atoms with van der Waals surface area (Å²) in [4.78, 5) is 2.31. The van der Waals surface area contributed by atoms with Crippen LogP contribution >= 0.6 is 0 Å². The molecule has 14 atom stereocenters. The molecule has 0 aromatic heterocycles. The maximum Gasteiger partial charge on any atom is 0.120 e. The molecule has 1 unspecified atom stereocenters. The summed E-state index contributed by atoms with van der Waals surface area (Å²) >= 11 is 0. The van der Waals surface area contributed by atoms with Gasteiger partial charge in [0.2, 0.25) is 0 Å². The normalized spacial score (nSPS) is 63.2. The van der Waals surface area contributed by atoms with Gasteiger partial charge in [0.25, 0.3) is 0 Å². The first-order valence-electron chi connectivity index (χ1n) is 12.2. The van der Waals surface area contributed by atoms with Gasteiger partial charge in [-0.3, -0.25) is 0 Å². The highest BCUT2D eigenvalue weighted by molar-refractivity contribution is 5.39. The zero-order chi connectivity index (χ0) is 23.7. The van der Waals surface area contributed by atoms with Gasteiger partial charge in [-0.15, -0.1) is 0 Å². The van der Waals surface area contributed by atoms with E-state index in [1.807, 2.05) is 0 Å². The lowest BCUT2D eigenvalue weighted by Crippen LogP contribution is -2.79. The van der Waals surface area contributed by atoms with Crippen LogP contribution in [0.15, 0.2) is 0 Å². The molecule has 7 bridgehead atoms. The molecule has 1 aliphatic heterocycles. The van der Waals surface area contributed by atoms with Gasteiger partial charge in [0, 0.05) is 69.6 Å². The Morgan fingerprint density at radius 1 is 0.970 bits per heavy atom. The number of fused-ring (bicyclic) bond motifs is 2. The molecule has 0 aromatic rings. The third kappa shape index (κ3) is 2.15. The standard InChI is InChI=1S/C24H39NO8/c1-25-9-21(10-30-2)7-6-12(31-3)23-11-8-22(28)18(26)13(11)24(29,19(27)20(22)33-5)14(17(23)25)15(32-4)16(21)23/h11-20,26-29H,6-10H2,1-5H3/t11-,12?,13-,14+,15+,16-,17-,18-,19+,20+,21+,22+,23+,24-/m1/s1.